The molecule has 0 amide bonds. The molecule has 0 spiro atoms. The Balaban J connectivity index is 0. The molecule has 0 bridgehead atoms. The SMILES string of the molecule is [Bi].[CaH2].[Cu].[O].[SrH2]. The molecule has 5 heteroatoms. The average molecular weight is 420 g/mol. The van der Waals surface area contributed by atoms with Crippen molar-refractivity contribution in [3.8, 4) is 0 Å². The first-order valence-corrected chi connectivity index (χ1v) is 0. The number of hydrogen-bond acceptors (Lipinski definition) is 0. The summed E-state index contributed by atoms with van der Waals surface area (Å²) < 4.78 is 0. The Hall–Kier alpha value is 4.10. The van der Waals surface area contributed by atoms with Crippen LogP contribution in [0.3, 0.4) is 0 Å². The minimum atomic E-state index is 0. The second kappa shape index (κ2) is 24.3. The Labute approximate surface area is 128 Å². The molecule has 6 radical (unpaired) electrons. The summed E-state index contributed by atoms with van der Waals surface area (Å²) in [4.78, 5) is 0. The number of hydrogen-bond donors (Lipinski definition) is 0. The van der Waals surface area contributed by atoms with Gasteiger partial charge in [0.25, 0.3) is 0 Å². The third-order valence-corrected chi connectivity index (χ3v) is 0. The van der Waals surface area contributed by atoms with Gasteiger partial charge in [0, 0.05) is 48.7 Å². The van der Waals surface area contributed by atoms with Crippen molar-refractivity contribution in [1.82, 2.24) is 0 Å². The van der Waals surface area contributed by atoms with E-state index in [0.717, 1.165) is 0 Å². The number of rotatable bonds is 0. The van der Waals surface area contributed by atoms with Gasteiger partial charge in [-0.3, -0.25) is 0 Å². The third-order valence-electron chi connectivity index (χ3n) is 0. The van der Waals surface area contributed by atoms with Crippen LogP contribution in [0.5, 0.6) is 0 Å². The van der Waals surface area contributed by atoms with Gasteiger partial charge in [0.05, 0.1) is 0 Å². The van der Waals surface area contributed by atoms with Crippen molar-refractivity contribution < 1.29 is 22.5 Å². The van der Waals surface area contributed by atoms with Crippen molar-refractivity contribution in [2.24, 2.45) is 0 Å². The molecule has 1 nitrogen and oxygen atoms in total. The van der Waals surface area contributed by atoms with Crippen LogP contribution in [0.25, 0.3) is 0 Å². The van der Waals surface area contributed by atoms with E-state index in [1.54, 1.807) is 0 Å². The molecule has 0 saturated heterocycles. The molecule has 0 aromatic heterocycles. The Kier molecular flexibility index (Phi) is 172. The van der Waals surface area contributed by atoms with Crippen LogP contribution in [0.15, 0.2) is 0 Å². The Morgan fingerprint density at radius 1 is 1.00 bits per heavy atom. The molecule has 0 aliphatic rings. The van der Waals surface area contributed by atoms with Gasteiger partial charge in [-0.2, -0.15) is 0 Å². The van der Waals surface area contributed by atoms with Gasteiger partial charge < -0.3 is 0 Å². The summed E-state index contributed by atoms with van der Waals surface area (Å²) in [6.45, 7) is 0. The molecule has 0 atom stereocenters. The van der Waals surface area contributed by atoms with Gasteiger partial charge in [0.2, 0.25) is 0 Å². The molecular weight excluding hydrogens is 416 g/mol. The van der Waals surface area contributed by atoms with Crippen LogP contribution in [0.4, 0.5) is 0 Å². The Bertz CT molecular complexity index is 11.6. The van der Waals surface area contributed by atoms with E-state index in [-0.39, 0.29) is 132 Å². The fourth-order valence-electron chi connectivity index (χ4n) is 0. The third kappa shape index (κ3) is 17.9. The summed E-state index contributed by atoms with van der Waals surface area (Å²) >= 11 is 0. The predicted octanol–water partition coefficient (Wildman–Crippen LogP) is -2.33. The van der Waals surface area contributed by atoms with Crippen molar-refractivity contribution in [2.75, 3.05) is 0 Å². The van der Waals surface area contributed by atoms with Crippen molar-refractivity contribution in [3.63, 3.8) is 0 Å². The summed E-state index contributed by atoms with van der Waals surface area (Å²) in [5, 5.41) is 0. The molecular formula is H4BiCaCuOSr. The van der Waals surface area contributed by atoms with Gasteiger partial charge >= 0.3 is 83.2 Å². The fourth-order valence-corrected chi connectivity index (χ4v) is 0. The first kappa shape index (κ1) is 35.5. The zero-order chi connectivity index (χ0) is 0. The van der Waals surface area contributed by atoms with Crippen molar-refractivity contribution in [2.45, 2.75) is 0 Å². The quantitative estimate of drug-likeness (QED) is 0.394. The van der Waals surface area contributed by atoms with E-state index in [4.69, 9.17) is 0 Å². The standard InChI is InChI=1S/Bi.Ca.Cu.O.Sr.4H. The van der Waals surface area contributed by atoms with E-state index >= 15 is 0 Å². The van der Waals surface area contributed by atoms with Gasteiger partial charge in [0.15, 0.2) is 0 Å². The molecule has 30 valence electrons. The molecule has 0 N–H and O–H groups in total. The molecule has 0 heterocycles. The van der Waals surface area contributed by atoms with E-state index in [2.05, 4.69) is 0 Å². The Morgan fingerprint density at radius 2 is 1.00 bits per heavy atom. The van der Waals surface area contributed by atoms with E-state index in [9.17, 15) is 0 Å². The summed E-state index contributed by atoms with van der Waals surface area (Å²) in [7, 11) is 0. The van der Waals surface area contributed by atoms with Crippen LogP contribution >= 0.6 is 0 Å². The maximum atomic E-state index is 0. The van der Waals surface area contributed by atoms with Crippen LogP contribution in [-0.4, -0.2) is 109 Å². The van der Waals surface area contributed by atoms with E-state index in [1.807, 2.05) is 0 Å². The molecule has 0 aliphatic heterocycles. The predicted molar refractivity (Wildman–Crippen MR) is 23.5 cm³/mol. The molecule has 0 unspecified atom stereocenters. The normalized spacial score (nSPS) is 0. The van der Waals surface area contributed by atoms with Crippen LogP contribution in [-0.2, 0) is 22.5 Å². The molecule has 0 rings (SSSR count). The zero-order valence-electron chi connectivity index (χ0n) is 1.16. The van der Waals surface area contributed by atoms with Crippen LogP contribution in [0, 0.1) is 0 Å². The van der Waals surface area contributed by atoms with Crippen LogP contribution < -0.4 is 0 Å². The molecule has 0 aromatic carbocycles. The summed E-state index contributed by atoms with van der Waals surface area (Å²) in [6.07, 6.45) is 0. The maximum absolute atomic E-state index is 0. The minimum absolute atomic E-state index is 0. The van der Waals surface area contributed by atoms with Crippen LogP contribution in [0.1, 0.15) is 0 Å². The van der Waals surface area contributed by atoms with E-state index < -0.39 is 0 Å². The molecule has 0 aromatic rings. The second-order valence-corrected chi connectivity index (χ2v) is 0. The van der Waals surface area contributed by atoms with Crippen LogP contribution in [0.2, 0.25) is 0 Å². The molecule has 0 aliphatic carbocycles. The second-order valence-electron chi connectivity index (χ2n) is 0. The molecule has 5 heavy (non-hydrogen) atoms. The molecule has 0 saturated carbocycles. The van der Waals surface area contributed by atoms with Gasteiger partial charge in [-0.25, -0.2) is 0 Å². The molecule has 0 fully saturated rings. The fraction of sp³-hybridized carbons (Fsp3) is 0. The zero-order valence-corrected chi connectivity index (χ0v) is 5.58. The van der Waals surface area contributed by atoms with Gasteiger partial charge in [0.1, 0.15) is 0 Å². The van der Waals surface area contributed by atoms with Gasteiger partial charge in [-0.15, -0.1) is 0 Å². The monoisotopic (exact) mass is 420 g/mol. The first-order valence-electron chi connectivity index (χ1n) is 0. The summed E-state index contributed by atoms with van der Waals surface area (Å²) in [5.74, 6) is 0. The first-order chi connectivity index (χ1) is 0. The van der Waals surface area contributed by atoms with E-state index in [0.29, 0.717) is 0 Å². The summed E-state index contributed by atoms with van der Waals surface area (Å²) in [6, 6.07) is 0. The van der Waals surface area contributed by atoms with E-state index in [1.165, 1.54) is 0 Å². The summed E-state index contributed by atoms with van der Waals surface area (Å²) in [5.41, 5.74) is 0. The Morgan fingerprint density at radius 3 is 1.00 bits per heavy atom. The average Bonchev–Trinajstić information content (AvgIpc) is 0. The van der Waals surface area contributed by atoms with Crippen molar-refractivity contribution >= 4 is 109 Å². The van der Waals surface area contributed by atoms with Gasteiger partial charge in [-0.1, -0.05) is 0 Å². The van der Waals surface area contributed by atoms with Crippen molar-refractivity contribution in [3.05, 3.63) is 0 Å². The van der Waals surface area contributed by atoms with Gasteiger partial charge in [-0.05, 0) is 0 Å². The topological polar surface area (TPSA) is 28.5 Å². The van der Waals surface area contributed by atoms with Crippen molar-refractivity contribution in [1.29, 1.82) is 0 Å².